The molecule has 0 amide bonds. The van der Waals surface area contributed by atoms with Crippen molar-refractivity contribution >= 4 is 0 Å². The number of hydrogen-bond donors (Lipinski definition) is 0. The van der Waals surface area contributed by atoms with E-state index in [-0.39, 0.29) is 0 Å². The number of nitrogens with zero attached hydrogens (tertiary/aromatic N) is 2. The third-order valence-corrected chi connectivity index (χ3v) is 7.67. The summed E-state index contributed by atoms with van der Waals surface area (Å²) in [7, 11) is 0. The molecule has 35 heavy (non-hydrogen) atoms. The quantitative estimate of drug-likeness (QED) is 0.238. The number of fused-ring (bicyclic) bond motifs is 3. The van der Waals surface area contributed by atoms with Crippen molar-refractivity contribution in [2.45, 2.75) is 26.8 Å². The minimum absolute atomic E-state index is 0.339. The highest BCUT2D eigenvalue weighted by Gasteiger charge is 2.42. The Morgan fingerprint density at radius 3 is 1.77 bits per heavy atom. The highest BCUT2D eigenvalue weighted by Crippen LogP contribution is 2.43. The van der Waals surface area contributed by atoms with Crippen molar-refractivity contribution in [3.63, 3.8) is 0 Å². The Balaban J connectivity index is 1.66. The van der Waals surface area contributed by atoms with Gasteiger partial charge >= 0.3 is 0 Å². The van der Waals surface area contributed by atoms with Gasteiger partial charge < -0.3 is 0 Å². The van der Waals surface area contributed by atoms with Gasteiger partial charge in [0.2, 0.25) is 0 Å². The van der Waals surface area contributed by atoms with E-state index in [4.69, 9.17) is 0 Å². The van der Waals surface area contributed by atoms with Crippen LogP contribution in [0.25, 0.3) is 39.3 Å². The van der Waals surface area contributed by atoms with Gasteiger partial charge in [-0.2, -0.15) is 4.57 Å². The number of benzene rings is 4. The van der Waals surface area contributed by atoms with Gasteiger partial charge in [0.05, 0.1) is 5.56 Å². The fourth-order valence-corrected chi connectivity index (χ4v) is 5.59. The lowest BCUT2D eigenvalue weighted by molar-refractivity contribution is -0.704. The van der Waals surface area contributed by atoms with Crippen LogP contribution < -0.4 is 4.57 Å². The van der Waals surface area contributed by atoms with Crippen LogP contribution in [0.2, 0.25) is 0 Å². The molecule has 1 aliphatic rings. The molecule has 0 N–H and O–H groups in total. The molecule has 2 heterocycles. The van der Waals surface area contributed by atoms with Gasteiger partial charge in [-0.05, 0) is 23.1 Å². The fraction of sp³-hybridized carbons (Fsp3) is 0.182. The average Bonchev–Trinajstić information content (AvgIpc) is 3.47. The van der Waals surface area contributed by atoms with Gasteiger partial charge in [0.15, 0.2) is 0 Å². The van der Waals surface area contributed by atoms with Crippen molar-refractivity contribution in [1.29, 1.82) is 0 Å². The fourth-order valence-electron chi connectivity index (χ4n) is 5.59. The zero-order valence-electron chi connectivity index (χ0n) is 20.6. The van der Waals surface area contributed by atoms with Crippen molar-refractivity contribution in [1.82, 2.24) is 4.57 Å². The van der Waals surface area contributed by atoms with Gasteiger partial charge in [-0.25, -0.2) is 4.57 Å². The Kier molecular flexibility index (Phi) is 5.37. The molecule has 2 nitrogen and oxygen atoms in total. The van der Waals surface area contributed by atoms with Gasteiger partial charge in [-0.1, -0.05) is 118 Å². The van der Waals surface area contributed by atoms with Crippen molar-refractivity contribution in [3.8, 4) is 39.3 Å². The summed E-state index contributed by atoms with van der Waals surface area (Å²) in [5.74, 6) is 2.38. The third kappa shape index (κ3) is 3.52. The second kappa shape index (κ2) is 8.70. The zero-order chi connectivity index (χ0) is 23.9. The van der Waals surface area contributed by atoms with E-state index in [1.807, 2.05) is 0 Å². The lowest BCUT2D eigenvalue weighted by Crippen LogP contribution is -2.41. The van der Waals surface area contributed by atoms with Crippen LogP contribution in [0, 0.1) is 11.8 Å². The Labute approximate surface area is 208 Å². The maximum atomic E-state index is 2.51. The molecule has 172 valence electrons. The topological polar surface area (TPSA) is 8.81 Å². The summed E-state index contributed by atoms with van der Waals surface area (Å²) >= 11 is 0. The van der Waals surface area contributed by atoms with Crippen LogP contribution in [0.1, 0.15) is 32.4 Å². The normalized spacial score (nSPS) is 15.1. The highest BCUT2D eigenvalue weighted by atomic mass is 15.2. The van der Waals surface area contributed by atoms with Crippen LogP contribution in [-0.2, 0) is 0 Å². The predicted octanol–water partition coefficient (Wildman–Crippen LogP) is 7.96. The van der Waals surface area contributed by atoms with E-state index in [0.717, 1.165) is 0 Å². The minimum Gasteiger partial charge on any atom is -0.222 e. The van der Waals surface area contributed by atoms with Crippen LogP contribution in [0.15, 0.2) is 116 Å². The zero-order valence-corrected chi connectivity index (χ0v) is 20.6. The summed E-state index contributed by atoms with van der Waals surface area (Å²) in [6, 6.07) is 37.5. The molecule has 0 spiro atoms. The van der Waals surface area contributed by atoms with Crippen molar-refractivity contribution in [2.24, 2.45) is 11.8 Å². The molecule has 0 radical (unpaired) electrons. The van der Waals surface area contributed by atoms with E-state index in [1.54, 1.807) is 0 Å². The standard InChI is InChI=1S/C33H31N2/c1-23(2)24(3)31-29-17-10-11-18-30(29)33-34(31)21-22-35(33)32-27(25-13-6-4-7-14-25)19-12-20-28(32)26-15-8-5-9-16-26/h4-24,31H,1-3H3/q+1/t24-,31+/m1/s1. The summed E-state index contributed by atoms with van der Waals surface area (Å²) in [5, 5.41) is 0. The second-order valence-electron chi connectivity index (χ2n) is 9.97. The first-order valence-electron chi connectivity index (χ1n) is 12.6. The average molecular weight is 456 g/mol. The van der Waals surface area contributed by atoms with E-state index in [1.165, 1.54) is 44.9 Å². The van der Waals surface area contributed by atoms with Gasteiger partial charge in [-0.3, -0.25) is 0 Å². The first kappa shape index (κ1) is 21.6. The predicted molar refractivity (Wildman–Crippen MR) is 144 cm³/mol. The molecule has 0 unspecified atom stereocenters. The summed E-state index contributed by atoms with van der Waals surface area (Å²) in [6.07, 6.45) is 4.55. The molecule has 2 atom stereocenters. The second-order valence-corrected chi connectivity index (χ2v) is 9.97. The van der Waals surface area contributed by atoms with Gasteiger partial charge in [0.1, 0.15) is 24.1 Å². The van der Waals surface area contributed by atoms with Gasteiger partial charge in [0, 0.05) is 22.6 Å². The van der Waals surface area contributed by atoms with E-state index < -0.39 is 0 Å². The molecule has 1 aliphatic heterocycles. The molecule has 1 aromatic heterocycles. The molecule has 0 fully saturated rings. The Hall–Kier alpha value is -3.91. The van der Waals surface area contributed by atoms with Crippen LogP contribution >= 0.6 is 0 Å². The smallest absolute Gasteiger partial charge is 0.222 e. The Morgan fingerprint density at radius 2 is 1.17 bits per heavy atom. The van der Waals surface area contributed by atoms with E-state index >= 15 is 0 Å². The number of hydrogen-bond acceptors (Lipinski definition) is 0. The summed E-state index contributed by atoms with van der Waals surface area (Å²) in [5.41, 5.74) is 8.92. The molecule has 0 bridgehead atoms. The molecule has 2 heteroatoms. The molecule has 0 saturated carbocycles. The summed E-state index contributed by atoms with van der Waals surface area (Å²) in [6.45, 7) is 7.06. The van der Waals surface area contributed by atoms with Gasteiger partial charge in [-0.15, -0.1) is 0 Å². The molecule has 6 rings (SSSR count). The monoisotopic (exact) mass is 455 g/mol. The van der Waals surface area contributed by atoms with Crippen molar-refractivity contribution in [2.75, 3.05) is 0 Å². The number of para-hydroxylation sites is 1. The largest absolute Gasteiger partial charge is 0.295 e. The van der Waals surface area contributed by atoms with E-state index in [9.17, 15) is 0 Å². The molecule has 0 aliphatic carbocycles. The molecular weight excluding hydrogens is 424 g/mol. The maximum Gasteiger partial charge on any atom is 0.295 e. The van der Waals surface area contributed by atoms with Crippen LogP contribution in [0.4, 0.5) is 0 Å². The van der Waals surface area contributed by atoms with Crippen LogP contribution in [0.3, 0.4) is 0 Å². The molecule has 0 saturated heterocycles. The third-order valence-electron chi connectivity index (χ3n) is 7.67. The number of rotatable bonds is 5. The Morgan fingerprint density at radius 1 is 0.629 bits per heavy atom. The van der Waals surface area contributed by atoms with E-state index in [0.29, 0.717) is 17.9 Å². The van der Waals surface area contributed by atoms with Gasteiger partial charge in [0.25, 0.3) is 5.82 Å². The van der Waals surface area contributed by atoms with Crippen molar-refractivity contribution < 1.29 is 4.57 Å². The maximum absolute atomic E-state index is 2.51. The number of imidazole rings is 1. The first-order chi connectivity index (χ1) is 17.1. The van der Waals surface area contributed by atoms with Crippen molar-refractivity contribution in [3.05, 3.63) is 121 Å². The summed E-state index contributed by atoms with van der Waals surface area (Å²) in [4.78, 5) is 0. The molecular formula is C33H31N2+. The van der Waals surface area contributed by atoms with Crippen LogP contribution in [0.5, 0.6) is 0 Å². The summed E-state index contributed by atoms with van der Waals surface area (Å²) < 4.78 is 4.93. The first-order valence-corrected chi connectivity index (χ1v) is 12.6. The lowest BCUT2D eigenvalue weighted by atomic mass is 9.86. The highest BCUT2D eigenvalue weighted by molar-refractivity contribution is 5.86. The van der Waals surface area contributed by atoms with Crippen LogP contribution in [-0.4, -0.2) is 4.57 Å². The van der Waals surface area contributed by atoms with E-state index in [2.05, 4.69) is 145 Å². The number of aromatic nitrogens is 2. The minimum atomic E-state index is 0.339. The lowest BCUT2D eigenvalue weighted by Gasteiger charge is -2.22. The molecule has 5 aromatic rings. The SMILES string of the molecule is CC(C)[C@@H](C)[C@H]1c2ccccc2-c2n(-c3c(-c4ccccc4)cccc3-c3ccccc3)cc[n+]21. The molecule has 4 aromatic carbocycles. The Bertz CT molecular complexity index is 1420.